The Labute approximate surface area is 82.9 Å². The van der Waals surface area contributed by atoms with Crippen LogP contribution in [0.4, 0.5) is 0 Å². The van der Waals surface area contributed by atoms with E-state index in [1.165, 1.54) is 7.11 Å². The normalized spacial score (nSPS) is 24.4. The summed E-state index contributed by atoms with van der Waals surface area (Å²) < 4.78 is 4.73. The van der Waals surface area contributed by atoms with Crippen molar-refractivity contribution < 1.29 is 9.53 Å². The van der Waals surface area contributed by atoms with Crippen LogP contribution in [0.25, 0.3) is 0 Å². The van der Waals surface area contributed by atoms with Gasteiger partial charge in [0.25, 0.3) is 0 Å². The first kappa shape index (κ1) is 9.21. The van der Waals surface area contributed by atoms with Crippen LogP contribution in [0.2, 0.25) is 0 Å². The molecule has 1 aromatic carbocycles. The molecule has 0 bridgehead atoms. The smallest absolute Gasteiger partial charge is 0.330 e. The van der Waals surface area contributed by atoms with Crippen LogP contribution in [-0.2, 0) is 21.5 Å². The van der Waals surface area contributed by atoms with Crippen molar-refractivity contribution in [2.24, 2.45) is 5.73 Å². The van der Waals surface area contributed by atoms with Crippen LogP contribution in [0.1, 0.15) is 17.5 Å². The third kappa shape index (κ3) is 1.13. The van der Waals surface area contributed by atoms with Crippen LogP contribution in [0.3, 0.4) is 0 Å². The van der Waals surface area contributed by atoms with E-state index in [2.05, 4.69) is 0 Å². The molecule has 0 unspecified atom stereocenters. The zero-order valence-corrected chi connectivity index (χ0v) is 8.12. The highest BCUT2D eigenvalue weighted by atomic mass is 16.5. The molecule has 2 rings (SSSR count). The lowest BCUT2D eigenvalue weighted by Crippen LogP contribution is -2.43. The van der Waals surface area contributed by atoms with Crippen molar-refractivity contribution in [3.8, 4) is 0 Å². The number of esters is 1. The van der Waals surface area contributed by atoms with Crippen molar-refractivity contribution in [2.75, 3.05) is 7.11 Å². The van der Waals surface area contributed by atoms with Gasteiger partial charge >= 0.3 is 5.97 Å². The highest BCUT2D eigenvalue weighted by molar-refractivity contribution is 5.83. The Morgan fingerprint density at radius 1 is 1.50 bits per heavy atom. The Bertz CT molecular complexity index is 375. The fourth-order valence-corrected chi connectivity index (χ4v) is 2.03. The summed E-state index contributed by atoms with van der Waals surface area (Å²) in [6.07, 6.45) is 1.49. The maximum absolute atomic E-state index is 11.6. The van der Waals surface area contributed by atoms with Gasteiger partial charge in [0.1, 0.15) is 5.54 Å². The Kier molecular flexibility index (Phi) is 2.04. The van der Waals surface area contributed by atoms with E-state index >= 15 is 0 Å². The lowest BCUT2D eigenvalue weighted by molar-refractivity contribution is -0.147. The van der Waals surface area contributed by atoms with Crippen molar-refractivity contribution >= 4 is 5.97 Å². The summed E-state index contributed by atoms with van der Waals surface area (Å²) in [7, 11) is 1.37. The lowest BCUT2D eigenvalue weighted by Gasteiger charge is -2.21. The predicted molar refractivity (Wildman–Crippen MR) is 52.6 cm³/mol. The number of hydrogen-bond donors (Lipinski definition) is 1. The molecule has 74 valence electrons. The topological polar surface area (TPSA) is 52.3 Å². The molecule has 2 N–H and O–H groups in total. The number of carbonyl (C=O) groups is 1. The second-order valence-electron chi connectivity index (χ2n) is 3.62. The van der Waals surface area contributed by atoms with Crippen molar-refractivity contribution in [1.82, 2.24) is 0 Å². The van der Waals surface area contributed by atoms with E-state index in [1.54, 1.807) is 0 Å². The first-order valence-corrected chi connectivity index (χ1v) is 4.64. The second-order valence-corrected chi connectivity index (χ2v) is 3.62. The fraction of sp³-hybridized carbons (Fsp3) is 0.364. The molecule has 0 radical (unpaired) electrons. The zero-order chi connectivity index (χ0) is 10.2. The van der Waals surface area contributed by atoms with Gasteiger partial charge in [0.2, 0.25) is 0 Å². The summed E-state index contributed by atoms with van der Waals surface area (Å²) in [5, 5.41) is 0. The van der Waals surface area contributed by atoms with E-state index in [4.69, 9.17) is 10.5 Å². The average Bonchev–Trinajstić information content (AvgIpc) is 2.58. The maximum Gasteiger partial charge on any atom is 0.330 e. The van der Waals surface area contributed by atoms with Crippen molar-refractivity contribution in [1.29, 1.82) is 0 Å². The van der Waals surface area contributed by atoms with E-state index in [9.17, 15) is 4.79 Å². The predicted octanol–water partition coefficient (Wildman–Crippen LogP) is 0.960. The van der Waals surface area contributed by atoms with Gasteiger partial charge in [-0.2, -0.15) is 0 Å². The van der Waals surface area contributed by atoms with Crippen molar-refractivity contribution in [3.63, 3.8) is 0 Å². The number of rotatable bonds is 1. The van der Waals surface area contributed by atoms with Crippen molar-refractivity contribution in [2.45, 2.75) is 18.4 Å². The number of benzene rings is 1. The van der Waals surface area contributed by atoms with E-state index in [0.717, 1.165) is 17.5 Å². The third-order valence-corrected chi connectivity index (χ3v) is 2.84. The molecule has 0 heterocycles. The van der Waals surface area contributed by atoms with E-state index < -0.39 is 5.54 Å². The minimum atomic E-state index is -0.925. The Hall–Kier alpha value is -1.35. The molecular weight excluding hydrogens is 178 g/mol. The largest absolute Gasteiger partial charge is 0.467 e. The van der Waals surface area contributed by atoms with Gasteiger partial charge in [-0.3, -0.25) is 0 Å². The highest BCUT2D eigenvalue weighted by Gasteiger charge is 2.42. The number of aryl methyl sites for hydroxylation is 1. The summed E-state index contributed by atoms with van der Waals surface area (Å²) in [4.78, 5) is 11.6. The first-order chi connectivity index (χ1) is 6.68. The molecule has 0 aromatic heterocycles. The molecule has 1 aliphatic carbocycles. The number of carbonyl (C=O) groups excluding carboxylic acids is 1. The van der Waals surface area contributed by atoms with Crippen LogP contribution in [0.5, 0.6) is 0 Å². The molecule has 0 spiro atoms. The standard InChI is InChI=1S/C11H13NO2/c1-14-10(13)11(12)7-6-8-4-2-3-5-9(8)11/h2-5H,6-7,12H2,1H3/t11-/m0/s1. The molecule has 14 heavy (non-hydrogen) atoms. The number of methoxy groups -OCH3 is 1. The lowest BCUT2D eigenvalue weighted by atomic mass is 9.93. The molecule has 0 aliphatic heterocycles. The van der Waals surface area contributed by atoms with Gasteiger partial charge in [0, 0.05) is 0 Å². The van der Waals surface area contributed by atoms with Gasteiger partial charge in [-0.25, -0.2) is 4.79 Å². The van der Waals surface area contributed by atoms with Gasteiger partial charge in [0.15, 0.2) is 0 Å². The van der Waals surface area contributed by atoms with Gasteiger partial charge in [-0.05, 0) is 24.0 Å². The van der Waals surface area contributed by atoms with E-state index in [1.807, 2.05) is 24.3 Å². The monoisotopic (exact) mass is 191 g/mol. The molecule has 1 aliphatic rings. The van der Waals surface area contributed by atoms with Crippen LogP contribution in [-0.4, -0.2) is 13.1 Å². The number of hydrogen-bond acceptors (Lipinski definition) is 3. The molecule has 0 saturated heterocycles. The minimum absolute atomic E-state index is 0.345. The van der Waals surface area contributed by atoms with E-state index in [0.29, 0.717) is 6.42 Å². The Morgan fingerprint density at radius 3 is 2.93 bits per heavy atom. The molecule has 1 atom stereocenters. The van der Waals surface area contributed by atoms with Gasteiger partial charge in [-0.15, -0.1) is 0 Å². The summed E-state index contributed by atoms with van der Waals surface area (Å²) in [5.41, 5.74) is 7.19. The van der Waals surface area contributed by atoms with E-state index in [-0.39, 0.29) is 5.97 Å². The van der Waals surface area contributed by atoms with Crippen LogP contribution < -0.4 is 5.73 Å². The molecule has 1 aromatic rings. The molecule has 3 nitrogen and oxygen atoms in total. The summed E-state index contributed by atoms with van der Waals surface area (Å²) in [5.74, 6) is -0.345. The maximum atomic E-state index is 11.6. The molecule has 0 fully saturated rings. The molecule has 0 amide bonds. The van der Waals surface area contributed by atoms with Crippen LogP contribution in [0.15, 0.2) is 24.3 Å². The second kappa shape index (κ2) is 3.10. The van der Waals surface area contributed by atoms with Crippen molar-refractivity contribution in [3.05, 3.63) is 35.4 Å². The van der Waals surface area contributed by atoms with Gasteiger partial charge in [-0.1, -0.05) is 24.3 Å². The zero-order valence-electron chi connectivity index (χ0n) is 8.12. The molecule has 3 heteroatoms. The van der Waals surface area contributed by atoms with Crippen LogP contribution in [0, 0.1) is 0 Å². The summed E-state index contributed by atoms with van der Waals surface area (Å²) in [6, 6.07) is 7.77. The number of nitrogens with two attached hydrogens (primary N) is 1. The average molecular weight is 191 g/mol. The Morgan fingerprint density at radius 2 is 2.21 bits per heavy atom. The van der Waals surface area contributed by atoms with Gasteiger partial charge < -0.3 is 10.5 Å². The fourth-order valence-electron chi connectivity index (χ4n) is 2.03. The highest BCUT2D eigenvalue weighted by Crippen LogP contribution is 2.35. The summed E-state index contributed by atoms with van der Waals surface area (Å²) >= 11 is 0. The third-order valence-electron chi connectivity index (χ3n) is 2.84. The van der Waals surface area contributed by atoms with Crippen LogP contribution >= 0.6 is 0 Å². The molecular formula is C11H13NO2. The first-order valence-electron chi connectivity index (χ1n) is 4.64. The summed E-state index contributed by atoms with van der Waals surface area (Å²) in [6.45, 7) is 0. The van der Waals surface area contributed by atoms with Gasteiger partial charge in [0.05, 0.1) is 7.11 Å². The number of fused-ring (bicyclic) bond motifs is 1. The Balaban J connectivity index is 2.47. The number of ether oxygens (including phenoxy) is 1. The quantitative estimate of drug-likeness (QED) is 0.673. The molecule has 0 saturated carbocycles. The SMILES string of the molecule is COC(=O)[C@]1(N)CCc2ccccc21. The minimum Gasteiger partial charge on any atom is -0.467 e.